The van der Waals surface area contributed by atoms with Gasteiger partial charge in [0, 0.05) is 5.97 Å². The van der Waals surface area contributed by atoms with Gasteiger partial charge in [0.05, 0.1) is 0 Å². The normalized spacial score (nSPS) is 11.1. The van der Waals surface area contributed by atoms with E-state index in [1.54, 1.807) is 0 Å². The standard InChI is InChI=1S/C18H32O2.Ba/c1-2-3-4-5-6-7-8-9-10-11-12-13-14-15-16-17-18(19)20;/h6-7,9-10H,2-5,8,11-17H2,1H3,(H,19,20);/q;+2/p-1/b7-6-,10-9-;. The number of carbonyl (C=O) groups excluding carboxylic acids is 1. The summed E-state index contributed by atoms with van der Waals surface area (Å²) < 4.78 is 0. The molecule has 0 spiro atoms. The molecule has 0 radical (unpaired) electrons. The monoisotopic (exact) mass is 417 g/mol. The first kappa shape index (κ1) is 23.8. The Morgan fingerprint density at radius 2 is 1.33 bits per heavy atom. The molecule has 0 aromatic carbocycles. The number of allylic oxidation sites excluding steroid dienone is 4. The van der Waals surface area contributed by atoms with Gasteiger partial charge in [0.2, 0.25) is 0 Å². The van der Waals surface area contributed by atoms with Crippen molar-refractivity contribution in [3.05, 3.63) is 24.3 Å². The van der Waals surface area contributed by atoms with E-state index in [1.807, 2.05) is 0 Å². The zero-order chi connectivity index (χ0) is 14.9. The Hall–Kier alpha value is 0.521. The Balaban J connectivity index is 0. The molecule has 0 N–H and O–H groups in total. The molecule has 116 valence electrons. The molecule has 0 unspecified atom stereocenters. The van der Waals surface area contributed by atoms with Gasteiger partial charge in [0.15, 0.2) is 0 Å². The van der Waals surface area contributed by atoms with Crippen LogP contribution in [-0.2, 0) is 4.79 Å². The summed E-state index contributed by atoms with van der Waals surface area (Å²) in [5.74, 6) is -0.921. The molecule has 0 aliphatic heterocycles. The summed E-state index contributed by atoms with van der Waals surface area (Å²) in [7, 11) is 0. The van der Waals surface area contributed by atoms with E-state index in [9.17, 15) is 9.90 Å². The third-order valence-corrected chi connectivity index (χ3v) is 3.33. The second kappa shape index (κ2) is 20.5. The van der Waals surface area contributed by atoms with E-state index >= 15 is 0 Å². The number of carboxylic acid groups (broad SMARTS) is 1. The van der Waals surface area contributed by atoms with Gasteiger partial charge in [-0.1, -0.05) is 63.3 Å². The fourth-order valence-electron chi connectivity index (χ4n) is 2.08. The van der Waals surface area contributed by atoms with Crippen LogP contribution in [0.1, 0.15) is 84.0 Å². The SMILES string of the molecule is CCCCC/C=C\C/C=C\CCCCCCCC(=O)[O-].[Ba+2]. The fraction of sp³-hybridized carbons (Fsp3) is 0.722. The maximum Gasteiger partial charge on any atom is 2.00 e. The number of unbranched alkanes of at least 4 members (excludes halogenated alkanes) is 8. The van der Waals surface area contributed by atoms with Crippen LogP contribution in [0.4, 0.5) is 0 Å². The molecule has 0 aromatic heterocycles. The molecule has 0 fully saturated rings. The molecular weight excluding hydrogens is 386 g/mol. The minimum atomic E-state index is -0.921. The van der Waals surface area contributed by atoms with Gasteiger partial charge in [-0.25, -0.2) is 0 Å². The molecule has 0 rings (SSSR count). The van der Waals surface area contributed by atoms with E-state index < -0.39 is 5.97 Å². The van der Waals surface area contributed by atoms with E-state index in [0.29, 0.717) is 0 Å². The fourth-order valence-corrected chi connectivity index (χ4v) is 2.08. The van der Waals surface area contributed by atoms with Gasteiger partial charge in [-0.05, 0) is 44.9 Å². The average Bonchev–Trinajstić information content (AvgIpc) is 2.43. The van der Waals surface area contributed by atoms with Gasteiger partial charge < -0.3 is 9.90 Å². The molecule has 0 heterocycles. The Labute approximate surface area is 171 Å². The Morgan fingerprint density at radius 3 is 1.90 bits per heavy atom. The summed E-state index contributed by atoms with van der Waals surface area (Å²) in [5, 5.41) is 10.2. The molecule has 0 amide bonds. The molecule has 0 saturated heterocycles. The molecule has 3 heteroatoms. The predicted octanol–water partition coefficient (Wildman–Crippen LogP) is 4.17. The number of aliphatic carboxylic acids is 1. The molecule has 2 nitrogen and oxygen atoms in total. The number of carbonyl (C=O) groups is 1. The first-order valence-electron chi connectivity index (χ1n) is 8.27. The van der Waals surface area contributed by atoms with Crippen LogP contribution >= 0.6 is 0 Å². The first-order chi connectivity index (χ1) is 9.77. The summed E-state index contributed by atoms with van der Waals surface area (Å²) in [6.07, 6.45) is 21.9. The second-order valence-corrected chi connectivity index (χ2v) is 5.35. The second-order valence-electron chi connectivity index (χ2n) is 5.35. The number of hydrogen-bond donors (Lipinski definition) is 0. The minimum Gasteiger partial charge on any atom is -0.550 e. The summed E-state index contributed by atoms with van der Waals surface area (Å²) in [6, 6.07) is 0. The molecular formula is C18H31BaO2+. The largest absolute Gasteiger partial charge is 2.00 e. The van der Waals surface area contributed by atoms with Gasteiger partial charge >= 0.3 is 48.9 Å². The van der Waals surface area contributed by atoms with Crippen LogP contribution in [0.15, 0.2) is 24.3 Å². The average molecular weight is 417 g/mol. The zero-order valence-electron chi connectivity index (χ0n) is 13.8. The van der Waals surface area contributed by atoms with Crippen molar-refractivity contribution in [3.63, 3.8) is 0 Å². The van der Waals surface area contributed by atoms with E-state index in [-0.39, 0.29) is 55.3 Å². The van der Waals surface area contributed by atoms with Crippen LogP contribution in [0.3, 0.4) is 0 Å². The third kappa shape index (κ3) is 22.9. The quantitative estimate of drug-likeness (QED) is 0.242. The molecule has 0 aliphatic carbocycles. The molecule has 0 aromatic rings. The summed E-state index contributed by atoms with van der Waals surface area (Å²) in [6.45, 7) is 2.23. The van der Waals surface area contributed by atoms with Crippen LogP contribution in [0.5, 0.6) is 0 Å². The Morgan fingerprint density at radius 1 is 0.810 bits per heavy atom. The number of carboxylic acids is 1. The van der Waals surface area contributed by atoms with Gasteiger partial charge in [0.1, 0.15) is 0 Å². The van der Waals surface area contributed by atoms with Gasteiger partial charge in [-0.3, -0.25) is 0 Å². The van der Waals surface area contributed by atoms with Crippen molar-refractivity contribution in [2.24, 2.45) is 0 Å². The summed E-state index contributed by atoms with van der Waals surface area (Å²) >= 11 is 0. The number of rotatable bonds is 14. The topological polar surface area (TPSA) is 40.1 Å². The van der Waals surface area contributed by atoms with Crippen LogP contribution in [0, 0.1) is 0 Å². The molecule has 0 bridgehead atoms. The van der Waals surface area contributed by atoms with E-state index in [4.69, 9.17) is 0 Å². The van der Waals surface area contributed by atoms with Crippen molar-refractivity contribution in [2.75, 3.05) is 0 Å². The van der Waals surface area contributed by atoms with E-state index in [1.165, 1.54) is 38.5 Å². The van der Waals surface area contributed by atoms with Crippen LogP contribution in [0.25, 0.3) is 0 Å². The van der Waals surface area contributed by atoms with Crippen molar-refractivity contribution in [3.8, 4) is 0 Å². The van der Waals surface area contributed by atoms with Gasteiger partial charge in [0.25, 0.3) is 0 Å². The van der Waals surface area contributed by atoms with Crippen molar-refractivity contribution in [2.45, 2.75) is 84.0 Å². The van der Waals surface area contributed by atoms with Gasteiger partial charge in [-0.2, -0.15) is 0 Å². The first-order valence-corrected chi connectivity index (χ1v) is 8.27. The predicted molar refractivity (Wildman–Crippen MR) is 90.1 cm³/mol. The molecule has 0 saturated carbocycles. The van der Waals surface area contributed by atoms with Crippen molar-refractivity contribution < 1.29 is 9.90 Å². The van der Waals surface area contributed by atoms with Crippen molar-refractivity contribution in [1.82, 2.24) is 0 Å². The van der Waals surface area contributed by atoms with E-state index in [2.05, 4.69) is 31.2 Å². The maximum absolute atomic E-state index is 10.2. The van der Waals surface area contributed by atoms with Crippen LogP contribution in [-0.4, -0.2) is 54.9 Å². The van der Waals surface area contributed by atoms with Gasteiger partial charge in [-0.15, -0.1) is 0 Å². The zero-order valence-corrected chi connectivity index (χ0v) is 18.3. The van der Waals surface area contributed by atoms with E-state index in [0.717, 1.165) is 32.1 Å². The Bertz CT molecular complexity index is 272. The van der Waals surface area contributed by atoms with Crippen molar-refractivity contribution >= 4 is 54.9 Å². The molecule has 0 aliphatic rings. The summed E-state index contributed by atoms with van der Waals surface area (Å²) in [4.78, 5) is 10.2. The number of hydrogen-bond acceptors (Lipinski definition) is 2. The minimum absolute atomic E-state index is 0. The molecule has 0 atom stereocenters. The smallest absolute Gasteiger partial charge is 0.550 e. The summed E-state index contributed by atoms with van der Waals surface area (Å²) in [5.41, 5.74) is 0. The Kier molecular flexibility index (Phi) is 23.2. The van der Waals surface area contributed by atoms with Crippen LogP contribution < -0.4 is 5.11 Å². The van der Waals surface area contributed by atoms with Crippen molar-refractivity contribution in [1.29, 1.82) is 0 Å². The third-order valence-electron chi connectivity index (χ3n) is 3.33. The maximum atomic E-state index is 10.2. The van der Waals surface area contributed by atoms with Crippen LogP contribution in [0.2, 0.25) is 0 Å². The molecule has 21 heavy (non-hydrogen) atoms.